The minimum absolute atomic E-state index is 0.136. The fourth-order valence-corrected chi connectivity index (χ4v) is 2.74. The molecule has 0 fully saturated rings. The molecule has 0 heterocycles. The molecule has 29 heavy (non-hydrogen) atoms. The Morgan fingerprint density at radius 2 is 1.76 bits per heavy atom. The second-order valence-corrected chi connectivity index (χ2v) is 7.76. The van der Waals surface area contributed by atoms with E-state index in [9.17, 15) is 18.4 Å². The largest absolute Gasteiger partial charge is 0.434 e. The van der Waals surface area contributed by atoms with Crippen molar-refractivity contribution in [2.24, 2.45) is 0 Å². The second-order valence-electron chi connectivity index (χ2n) is 7.32. The minimum atomic E-state index is -3.13. The van der Waals surface area contributed by atoms with Crippen LogP contribution in [-0.2, 0) is 6.42 Å². The summed E-state index contributed by atoms with van der Waals surface area (Å²) in [4.78, 5) is 25.8. The van der Waals surface area contributed by atoms with Crippen molar-refractivity contribution in [1.82, 2.24) is 10.4 Å². The van der Waals surface area contributed by atoms with Crippen molar-refractivity contribution >= 4 is 23.4 Å². The number of halogens is 3. The topological polar surface area (TPSA) is 58.6 Å². The molecule has 0 saturated heterocycles. The summed E-state index contributed by atoms with van der Waals surface area (Å²) >= 11 is 5.82. The van der Waals surface area contributed by atoms with Gasteiger partial charge in [0.1, 0.15) is 5.75 Å². The molecule has 0 saturated carbocycles. The van der Waals surface area contributed by atoms with Crippen molar-refractivity contribution < 1.29 is 23.1 Å². The van der Waals surface area contributed by atoms with Crippen LogP contribution in [0.2, 0.25) is 5.02 Å². The number of hydrogen-bond donors (Lipinski definition) is 1. The van der Waals surface area contributed by atoms with Crippen molar-refractivity contribution in [2.45, 2.75) is 46.3 Å². The van der Waals surface area contributed by atoms with E-state index in [0.29, 0.717) is 5.56 Å². The first-order valence-electron chi connectivity index (χ1n) is 9.01. The first-order chi connectivity index (χ1) is 13.5. The van der Waals surface area contributed by atoms with Crippen molar-refractivity contribution in [1.29, 1.82) is 0 Å². The molecule has 2 aromatic carbocycles. The number of alkyl halides is 2. The van der Waals surface area contributed by atoms with Crippen molar-refractivity contribution in [3.05, 3.63) is 64.2 Å². The lowest BCUT2D eigenvalue weighted by Gasteiger charge is -2.35. The zero-order valence-electron chi connectivity index (χ0n) is 16.6. The highest BCUT2D eigenvalue weighted by Gasteiger charge is 2.30. The molecule has 156 valence electrons. The number of hydrazine groups is 1. The Balaban J connectivity index is 2.33. The van der Waals surface area contributed by atoms with Gasteiger partial charge in [0, 0.05) is 10.6 Å². The maximum Gasteiger partial charge on any atom is 0.387 e. The van der Waals surface area contributed by atoms with Gasteiger partial charge < -0.3 is 4.74 Å². The van der Waals surface area contributed by atoms with Crippen LogP contribution < -0.4 is 10.2 Å². The molecule has 2 aromatic rings. The first-order valence-corrected chi connectivity index (χ1v) is 9.39. The standard InChI is InChI=1S/C21H23ClF2N2O3/c1-5-13-6-8-14(9-7-13)19(28)26(21(2,3)4)25-18(27)16-11-10-15(22)12-17(16)29-20(23)24/h6-12,20H,5H2,1-4H3,(H,25,27). The lowest BCUT2D eigenvalue weighted by molar-refractivity contribution is -0.0502. The Morgan fingerprint density at radius 1 is 1.14 bits per heavy atom. The van der Waals surface area contributed by atoms with Gasteiger partial charge in [0.05, 0.1) is 11.1 Å². The van der Waals surface area contributed by atoms with Crippen LogP contribution in [0.1, 0.15) is 54.0 Å². The number of hydrogen-bond acceptors (Lipinski definition) is 3. The van der Waals surface area contributed by atoms with Gasteiger partial charge in [-0.25, -0.2) is 5.01 Å². The van der Waals surface area contributed by atoms with E-state index in [1.807, 2.05) is 19.1 Å². The Bertz CT molecular complexity index is 880. The fourth-order valence-electron chi connectivity index (χ4n) is 2.57. The van der Waals surface area contributed by atoms with Crippen LogP contribution in [0.4, 0.5) is 8.78 Å². The molecule has 0 spiro atoms. The van der Waals surface area contributed by atoms with E-state index in [1.165, 1.54) is 12.1 Å². The SMILES string of the molecule is CCc1ccc(C(=O)N(NC(=O)c2ccc(Cl)cc2OC(F)F)C(C)(C)C)cc1. The molecule has 0 radical (unpaired) electrons. The molecule has 0 unspecified atom stereocenters. The van der Waals surface area contributed by atoms with Crippen LogP contribution >= 0.6 is 11.6 Å². The fraction of sp³-hybridized carbons (Fsp3) is 0.333. The summed E-state index contributed by atoms with van der Waals surface area (Å²) in [7, 11) is 0. The Labute approximate surface area is 173 Å². The van der Waals surface area contributed by atoms with Gasteiger partial charge in [0.2, 0.25) is 0 Å². The Kier molecular flexibility index (Phi) is 7.19. The van der Waals surface area contributed by atoms with E-state index >= 15 is 0 Å². The Hall–Kier alpha value is -2.67. The Morgan fingerprint density at radius 3 is 2.28 bits per heavy atom. The summed E-state index contributed by atoms with van der Waals surface area (Å²) < 4.78 is 29.8. The van der Waals surface area contributed by atoms with Crippen LogP contribution in [0.15, 0.2) is 42.5 Å². The molecule has 0 aliphatic heterocycles. The van der Waals surface area contributed by atoms with E-state index < -0.39 is 24.0 Å². The molecule has 0 aromatic heterocycles. The van der Waals surface area contributed by atoms with Gasteiger partial charge in [0.25, 0.3) is 11.8 Å². The average molecular weight is 425 g/mol. The normalized spacial score (nSPS) is 11.3. The highest BCUT2D eigenvalue weighted by Crippen LogP contribution is 2.26. The molecule has 0 aliphatic carbocycles. The number of carbonyl (C=O) groups excluding carboxylic acids is 2. The van der Waals surface area contributed by atoms with Gasteiger partial charge >= 0.3 is 6.61 Å². The minimum Gasteiger partial charge on any atom is -0.434 e. The molecule has 0 aliphatic rings. The van der Waals surface area contributed by atoms with Gasteiger partial charge in [0.15, 0.2) is 0 Å². The zero-order valence-corrected chi connectivity index (χ0v) is 17.4. The molecule has 8 heteroatoms. The van der Waals surface area contributed by atoms with Gasteiger partial charge in [-0.2, -0.15) is 8.78 Å². The summed E-state index contributed by atoms with van der Waals surface area (Å²) in [5.41, 5.74) is 3.01. The average Bonchev–Trinajstić information content (AvgIpc) is 2.64. The zero-order chi connectivity index (χ0) is 21.8. The third kappa shape index (κ3) is 5.90. The van der Waals surface area contributed by atoms with Gasteiger partial charge in [-0.15, -0.1) is 0 Å². The van der Waals surface area contributed by atoms with E-state index in [0.717, 1.165) is 23.1 Å². The number of carbonyl (C=O) groups is 2. The monoisotopic (exact) mass is 424 g/mol. The van der Waals surface area contributed by atoms with Crippen LogP contribution in [0, 0.1) is 0 Å². The number of nitrogens with zero attached hydrogens (tertiary/aromatic N) is 1. The van der Waals surface area contributed by atoms with Gasteiger partial charge in [-0.1, -0.05) is 30.7 Å². The quantitative estimate of drug-likeness (QED) is 0.680. The smallest absolute Gasteiger partial charge is 0.387 e. The van der Waals surface area contributed by atoms with Gasteiger partial charge in [-0.05, 0) is 63.1 Å². The molecule has 0 bridgehead atoms. The van der Waals surface area contributed by atoms with E-state index in [2.05, 4.69) is 10.2 Å². The van der Waals surface area contributed by atoms with Crippen molar-refractivity contribution in [3.63, 3.8) is 0 Å². The number of nitrogens with one attached hydrogen (secondary N) is 1. The number of ether oxygens (including phenoxy) is 1. The summed E-state index contributed by atoms with van der Waals surface area (Å²) in [6, 6.07) is 10.8. The predicted molar refractivity (Wildman–Crippen MR) is 107 cm³/mol. The molecule has 0 atom stereocenters. The molecule has 2 amide bonds. The van der Waals surface area contributed by atoms with E-state index in [1.54, 1.807) is 32.9 Å². The lowest BCUT2D eigenvalue weighted by Crippen LogP contribution is -2.55. The van der Waals surface area contributed by atoms with Gasteiger partial charge in [-0.3, -0.25) is 15.0 Å². The number of benzene rings is 2. The van der Waals surface area contributed by atoms with E-state index in [4.69, 9.17) is 11.6 Å². The van der Waals surface area contributed by atoms with Crippen LogP contribution in [0.5, 0.6) is 5.75 Å². The molecular formula is C21H23ClF2N2O3. The van der Waals surface area contributed by atoms with Crippen LogP contribution in [0.25, 0.3) is 0 Å². The third-order valence-corrected chi connectivity index (χ3v) is 4.34. The van der Waals surface area contributed by atoms with Crippen molar-refractivity contribution in [3.8, 4) is 5.75 Å². The number of rotatable bonds is 5. The second kappa shape index (κ2) is 9.22. The number of amides is 2. The maximum absolute atomic E-state index is 13.0. The highest BCUT2D eigenvalue weighted by atomic mass is 35.5. The summed E-state index contributed by atoms with van der Waals surface area (Å²) in [5.74, 6) is -1.58. The first kappa shape index (κ1) is 22.6. The van der Waals surface area contributed by atoms with Crippen LogP contribution in [0.3, 0.4) is 0 Å². The lowest BCUT2D eigenvalue weighted by atomic mass is 10.0. The summed E-state index contributed by atoms with van der Waals surface area (Å²) in [5, 5.41) is 1.30. The van der Waals surface area contributed by atoms with Crippen LogP contribution in [-0.4, -0.2) is 29.0 Å². The molecular weight excluding hydrogens is 402 g/mol. The third-order valence-electron chi connectivity index (χ3n) is 4.10. The maximum atomic E-state index is 13.0. The predicted octanol–water partition coefficient (Wildman–Crippen LogP) is 5.09. The molecule has 1 N–H and O–H groups in total. The summed E-state index contributed by atoms with van der Waals surface area (Å²) in [6.45, 7) is 4.10. The molecule has 5 nitrogen and oxygen atoms in total. The summed E-state index contributed by atoms with van der Waals surface area (Å²) in [6.07, 6.45) is 0.831. The van der Waals surface area contributed by atoms with Crippen molar-refractivity contribution in [2.75, 3.05) is 0 Å². The van der Waals surface area contributed by atoms with E-state index in [-0.39, 0.29) is 16.3 Å². The molecule has 2 rings (SSSR count). The number of aryl methyl sites for hydroxylation is 1. The highest BCUT2D eigenvalue weighted by molar-refractivity contribution is 6.30.